The Hall–Kier alpha value is -3.02. The highest BCUT2D eigenvalue weighted by Crippen LogP contribution is 2.32. The molecule has 0 radical (unpaired) electrons. The van der Waals surface area contributed by atoms with Gasteiger partial charge in [-0.15, -0.1) is 0 Å². The van der Waals surface area contributed by atoms with Gasteiger partial charge in [-0.1, -0.05) is 18.2 Å². The molecule has 2 aromatic rings. The first-order chi connectivity index (χ1) is 12.1. The number of rotatable bonds is 5. The van der Waals surface area contributed by atoms with Crippen molar-refractivity contribution in [2.75, 3.05) is 18.5 Å². The number of carbonyl (C=O) groups is 2. The van der Waals surface area contributed by atoms with Crippen LogP contribution >= 0.6 is 0 Å². The second-order valence-corrected chi connectivity index (χ2v) is 5.85. The van der Waals surface area contributed by atoms with Gasteiger partial charge in [0.25, 0.3) is 5.91 Å². The first-order valence-electron chi connectivity index (χ1n) is 8.17. The minimum atomic E-state index is -0.287. The van der Waals surface area contributed by atoms with Crippen molar-refractivity contribution in [3.05, 3.63) is 54.1 Å². The number of ether oxygens (including phenoxy) is 2. The van der Waals surface area contributed by atoms with Gasteiger partial charge in [0.2, 0.25) is 5.91 Å². The Morgan fingerprint density at radius 3 is 2.52 bits per heavy atom. The van der Waals surface area contributed by atoms with Crippen molar-refractivity contribution < 1.29 is 19.1 Å². The van der Waals surface area contributed by atoms with E-state index in [1.54, 1.807) is 49.4 Å². The van der Waals surface area contributed by atoms with Gasteiger partial charge in [-0.2, -0.15) is 0 Å². The molecular weight excluding hydrogens is 320 g/mol. The fourth-order valence-corrected chi connectivity index (χ4v) is 2.56. The van der Waals surface area contributed by atoms with Gasteiger partial charge in [-0.3, -0.25) is 9.59 Å². The molecule has 1 heterocycles. The fraction of sp³-hybridized carbons (Fsp3) is 0.263. The van der Waals surface area contributed by atoms with Crippen molar-refractivity contribution >= 4 is 17.5 Å². The molecule has 2 aromatic carbocycles. The SMILES string of the molecule is CC(CC(=O)Nc1ccc2c(c1)OCCO2)NC(=O)c1ccccc1. The monoisotopic (exact) mass is 340 g/mol. The van der Waals surface area contributed by atoms with Gasteiger partial charge in [-0.25, -0.2) is 0 Å². The molecule has 0 fully saturated rings. The Bertz CT molecular complexity index is 761. The summed E-state index contributed by atoms with van der Waals surface area (Å²) in [7, 11) is 0. The van der Waals surface area contributed by atoms with Crippen LogP contribution in [0.5, 0.6) is 11.5 Å². The third-order valence-electron chi connectivity index (χ3n) is 3.73. The van der Waals surface area contributed by atoms with Crippen LogP contribution in [-0.4, -0.2) is 31.1 Å². The number of anilines is 1. The zero-order valence-corrected chi connectivity index (χ0v) is 14.0. The lowest BCUT2D eigenvalue weighted by Crippen LogP contribution is -2.35. The quantitative estimate of drug-likeness (QED) is 0.877. The second-order valence-electron chi connectivity index (χ2n) is 5.85. The molecule has 0 saturated heterocycles. The van der Waals surface area contributed by atoms with Gasteiger partial charge >= 0.3 is 0 Å². The molecule has 0 saturated carbocycles. The molecule has 1 aliphatic heterocycles. The maximum atomic E-state index is 12.2. The zero-order valence-electron chi connectivity index (χ0n) is 14.0. The Kier molecular flexibility index (Phi) is 5.18. The topological polar surface area (TPSA) is 76.7 Å². The van der Waals surface area contributed by atoms with E-state index in [0.29, 0.717) is 36.0 Å². The molecule has 130 valence electrons. The van der Waals surface area contributed by atoms with E-state index in [2.05, 4.69) is 10.6 Å². The molecular formula is C19H20N2O4. The van der Waals surface area contributed by atoms with Crippen LogP contribution in [0.15, 0.2) is 48.5 Å². The van der Waals surface area contributed by atoms with Crippen molar-refractivity contribution in [3.63, 3.8) is 0 Å². The van der Waals surface area contributed by atoms with Crippen molar-refractivity contribution in [1.29, 1.82) is 0 Å². The summed E-state index contributed by atoms with van der Waals surface area (Å²) in [5, 5.41) is 5.63. The van der Waals surface area contributed by atoms with Crippen LogP contribution in [0.2, 0.25) is 0 Å². The molecule has 3 rings (SSSR count). The smallest absolute Gasteiger partial charge is 0.251 e. The fourth-order valence-electron chi connectivity index (χ4n) is 2.56. The standard InChI is InChI=1S/C19H20N2O4/c1-13(20-19(23)14-5-3-2-4-6-14)11-18(22)21-15-7-8-16-17(12-15)25-10-9-24-16/h2-8,12-13H,9-11H2,1H3,(H,20,23)(H,21,22). The summed E-state index contributed by atoms with van der Waals surface area (Å²) in [6, 6.07) is 13.9. The predicted molar refractivity (Wildman–Crippen MR) is 94.0 cm³/mol. The summed E-state index contributed by atoms with van der Waals surface area (Å²) in [4.78, 5) is 24.3. The van der Waals surface area contributed by atoms with Crippen LogP contribution < -0.4 is 20.1 Å². The van der Waals surface area contributed by atoms with E-state index in [0.717, 1.165) is 0 Å². The minimum Gasteiger partial charge on any atom is -0.486 e. The summed E-state index contributed by atoms with van der Waals surface area (Å²) in [6.45, 7) is 2.81. The van der Waals surface area contributed by atoms with Crippen molar-refractivity contribution in [2.45, 2.75) is 19.4 Å². The van der Waals surface area contributed by atoms with Crippen molar-refractivity contribution in [3.8, 4) is 11.5 Å². The second kappa shape index (κ2) is 7.70. The Balaban J connectivity index is 1.52. The summed E-state index contributed by atoms with van der Waals surface area (Å²) in [6.07, 6.45) is 0.174. The number of hydrogen-bond donors (Lipinski definition) is 2. The number of hydrogen-bond acceptors (Lipinski definition) is 4. The maximum Gasteiger partial charge on any atom is 0.251 e. The number of benzene rings is 2. The van der Waals surface area contributed by atoms with E-state index < -0.39 is 0 Å². The molecule has 0 aliphatic carbocycles. The first kappa shape index (κ1) is 16.8. The van der Waals surface area contributed by atoms with E-state index in [-0.39, 0.29) is 24.3 Å². The minimum absolute atomic E-state index is 0.174. The highest BCUT2D eigenvalue weighted by molar-refractivity contribution is 5.95. The molecule has 1 aliphatic rings. The summed E-state index contributed by atoms with van der Waals surface area (Å²) >= 11 is 0. The van der Waals surface area contributed by atoms with Gasteiger partial charge in [-0.05, 0) is 31.2 Å². The molecule has 6 heteroatoms. The molecule has 25 heavy (non-hydrogen) atoms. The summed E-state index contributed by atoms with van der Waals surface area (Å²) in [5.74, 6) is 0.917. The van der Waals surface area contributed by atoms with Crippen molar-refractivity contribution in [1.82, 2.24) is 5.32 Å². The Morgan fingerprint density at radius 1 is 1.04 bits per heavy atom. The summed E-state index contributed by atoms with van der Waals surface area (Å²) in [5.41, 5.74) is 1.21. The van der Waals surface area contributed by atoms with E-state index in [9.17, 15) is 9.59 Å². The predicted octanol–water partition coefficient (Wildman–Crippen LogP) is 2.60. The normalized spacial score (nSPS) is 13.6. The molecule has 2 N–H and O–H groups in total. The van der Waals surface area contributed by atoms with Crippen LogP contribution in [-0.2, 0) is 4.79 Å². The number of fused-ring (bicyclic) bond motifs is 1. The molecule has 6 nitrogen and oxygen atoms in total. The largest absolute Gasteiger partial charge is 0.486 e. The number of carbonyl (C=O) groups excluding carboxylic acids is 2. The van der Waals surface area contributed by atoms with Crippen molar-refractivity contribution in [2.24, 2.45) is 0 Å². The Morgan fingerprint density at radius 2 is 1.76 bits per heavy atom. The lowest BCUT2D eigenvalue weighted by atomic mass is 10.1. The highest BCUT2D eigenvalue weighted by Gasteiger charge is 2.15. The molecule has 0 aromatic heterocycles. The zero-order chi connectivity index (χ0) is 17.6. The van der Waals surface area contributed by atoms with E-state index in [1.807, 2.05) is 6.07 Å². The molecule has 1 atom stereocenters. The van der Waals surface area contributed by atoms with Gasteiger partial charge in [0, 0.05) is 29.8 Å². The Labute approximate surface area is 146 Å². The molecule has 0 spiro atoms. The highest BCUT2D eigenvalue weighted by atomic mass is 16.6. The van der Waals surface area contributed by atoms with Crippen LogP contribution in [0.25, 0.3) is 0 Å². The van der Waals surface area contributed by atoms with Gasteiger partial charge in [0.05, 0.1) is 0 Å². The third-order valence-corrected chi connectivity index (χ3v) is 3.73. The third kappa shape index (κ3) is 4.50. The van der Waals surface area contributed by atoms with Gasteiger partial charge in [0.15, 0.2) is 11.5 Å². The van der Waals surface area contributed by atoms with Crippen LogP contribution in [0, 0.1) is 0 Å². The average Bonchev–Trinajstić information content (AvgIpc) is 2.62. The van der Waals surface area contributed by atoms with Gasteiger partial charge < -0.3 is 20.1 Å². The lowest BCUT2D eigenvalue weighted by molar-refractivity contribution is -0.116. The van der Waals surface area contributed by atoms with Crippen LogP contribution in [0.3, 0.4) is 0 Å². The summed E-state index contributed by atoms with van der Waals surface area (Å²) < 4.78 is 10.9. The van der Waals surface area contributed by atoms with Crippen LogP contribution in [0.4, 0.5) is 5.69 Å². The first-order valence-corrected chi connectivity index (χ1v) is 8.17. The van der Waals surface area contributed by atoms with Crippen LogP contribution in [0.1, 0.15) is 23.7 Å². The number of amides is 2. The van der Waals surface area contributed by atoms with E-state index in [1.165, 1.54) is 0 Å². The molecule has 1 unspecified atom stereocenters. The average molecular weight is 340 g/mol. The number of nitrogens with one attached hydrogen (secondary N) is 2. The molecule has 2 amide bonds. The maximum absolute atomic E-state index is 12.2. The van der Waals surface area contributed by atoms with E-state index in [4.69, 9.17) is 9.47 Å². The molecule has 0 bridgehead atoms. The van der Waals surface area contributed by atoms with E-state index >= 15 is 0 Å². The lowest BCUT2D eigenvalue weighted by Gasteiger charge is -2.19. The van der Waals surface area contributed by atoms with Gasteiger partial charge in [0.1, 0.15) is 13.2 Å².